The van der Waals surface area contributed by atoms with Gasteiger partial charge < -0.3 is 14.3 Å². The van der Waals surface area contributed by atoms with Gasteiger partial charge in [-0.3, -0.25) is 9.69 Å². The molecule has 0 saturated carbocycles. The Morgan fingerprint density at radius 2 is 2.00 bits per heavy atom. The molecule has 0 aliphatic carbocycles. The quantitative estimate of drug-likeness (QED) is 0.496. The van der Waals surface area contributed by atoms with Crippen molar-refractivity contribution in [1.82, 2.24) is 9.88 Å². The average molecular weight is 420 g/mol. The summed E-state index contributed by atoms with van der Waals surface area (Å²) < 4.78 is 13.4. The Kier molecular flexibility index (Phi) is 5.00. The lowest BCUT2D eigenvalue weighted by molar-refractivity contribution is -0.633. The van der Waals surface area contributed by atoms with Gasteiger partial charge in [0.25, 0.3) is 5.82 Å². The van der Waals surface area contributed by atoms with E-state index in [9.17, 15) is 9.90 Å². The summed E-state index contributed by atoms with van der Waals surface area (Å²) in [4.78, 5) is 19.1. The number of imidazole rings is 1. The number of aryl methyl sites for hydroxylation is 2. The number of aromatic amines is 1. The van der Waals surface area contributed by atoms with E-state index in [4.69, 9.17) is 9.15 Å². The monoisotopic (exact) mass is 420 g/mol. The Bertz CT molecular complexity index is 1330. The van der Waals surface area contributed by atoms with E-state index in [2.05, 4.69) is 9.88 Å². The molecule has 2 N–H and O–H groups in total. The summed E-state index contributed by atoms with van der Waals surface area (Å²) in [5, 5.41) is 11.4. The minimum Gasteiger partial charge on any atom is -0.507 e. The van der Waals surface area contributed by atoms with E-state index in [1.807, 2.05) is 42.8 Å². The number of phenolic OH excluding ortho intramolecular Hbond substituents is 1. The second kappa shape index (κ2) is 7.83. The van der Waals surface area contributed by atoms with Gasteiger partial charge in [-0.1, -0.05) is 19.1 Å². The largest absolute Gasteiger partial charge is 0.507 e. The molecule has 4 aromatic rings. The molecule has 0 amide bonds. The molecule has 0 atom stereocenters. The summed E-state index contributed by atoms with van der Waals surface area (Å²) in [7, 11) is 1.93. The van der Waals surface area contributed by atoms with Crippen LogP contribution in [0.1, 0.15) is 18.1 Å². The first kappa shape index (κ1) is 19.8. The lowest BCUT2D eigenvalue weighted by Gasteiger charge is -2.27. The van der Waals surface area contributed by atoms with Crippen LogP contribution < -0.4 is 10.00 Å². The van der Waals surface area contributed by atoms with Gasteiger partial charge in [0.1, 0.15) is 23.2 Å². The summed E-state index contributed by atoms with van der Waals surface area (Å²) in [6, 6.07) is 9.68. The Balaban J connectivity index is 1.69. The number of para-hydroxylation sites is 2. The summed E-state index contributed by atoms with van der Waals surface area (Å²) in [6.45, 7) is 5.38. The number of nitrogens with one attached hydrogen (secondary N) is 1. The maximum Gasteiger partial charge on any atom is 0.294 e. The van der Waals surface area contributed by atoms with Crippen molar-refractivity contribution in [3.8, 4) is 17.1 Å². The Labute approximate surface area is 179 Å². The molecule has 2 aromatic carbocycles. The van der Waals surface area contributed by atoms with E-state index in [0.29, 0.717) is 54.1 Å². The number of aromatic hydroxyl groups is 1. The van der Waals surface area contributed by atoms with Gasteiger partial charge in [-0.05, 0) is 30.2 Å². The number of hydrogen-bond donors (Lipinski definition) is 2. The Morgan fingerprint density at radius 3 is 2.74 bits per heavy atom. The summed E-state index contributed by atoms with van der Waals surface area (Å²) >= 11 is 0. The third-order valence-corrected chi connectivity index (χ3v) is 6.19. The van der Waals surface area contributed by atoms with Gasteiger partial charge in [-0.15, -0.1) is 0 Å². The first-order valence-corrected chi connectivity index (χ1v) is 10.6. The van der Waals surface area contributed by atoms with Crippen LogP contribution in [0.5, 0.6) is 5.75 Å². The van der Waals surface area contributed by atoms with Gasteiger partial charge in [-0.25, -0.2) is 9.55 Å². The summed E-state index contributed by atoms with van der Waals surface area (Å²) in [5.41, 5.74) is 4.19. The molecular formula is C24H26N3O4+. The fourth-order valence-electron chi connectivity index (χ4n) is 4.41. The van der Waals surface area contributed by atoms with Crippen molar-refractivity contribution >= 4 is 22.0 Å². The molecule has 3 heterocycles. The van der Waals surface area contributed by atoms with Crippen molar-refractivity contribution in [2.24, 2.45) is 7.05 Å². The molecule has 1 aliphatic heterocycles. The van der Waals surface area contributed by atoms with Gasteiger partial charge in [0.2, 0.25) is 5.43 Å². The molecule has 1 aliphatic rings. The minimum atomic E-state index is -0.110. The van der Waals surface area contributed by atoms with Gasteiger partial charge in [-0.2, -0.15) is 0 Å². The summed E-state index contributed by atoms with van der Waals surface area (Å²) in [5.74, 6) is 0.909. The number of aromatic nitrogens is 2. The Morgan fingerprint density at radius 1 is 1.23 bits per heavy atom. The molecule has 0 spiro atoms. The second-order valence-electron chi connectivity index (χ2n) is 8.01. The van der Waals surface area contributed by atoms with Gasteiger partial charge in [0, 0.05) is 19.6 Å². The van der Waals surface area contributed by atoms with Crippen molar-refractivity contribution in [2.45, 2.75) is 19.9 Å². The van der Waals surface area contributed by atoms with Crippen LogP contribution in [0.4, 0.5) is 0 Å². The van der Waals surface area contributed by atoms with Gasteiger partial charge in [0.15, 0.2) is 11.0 Å². The van der Waals surface area contributed by atoms with E-state index in [0.717, 1.165) is 29.7 Å². The standard InChI is InChI=1S/C24H25N3O4/c1-3-15-12-16-22(29)18(24-25-19-6-4-5-7-20(19)26(24)2)14-31-23(16)17(21(15)28)13-27-8-10-30-11-9-27/h4-7,12,14H,3,8-11,13H2,1-2H3,(H,28,29)/p+1. The first-order chi connectivity index (χ1) is 15.1. The number of morpholine rings is 1. The van der Waals surface area contributed by atoms with E-state index in [1.54, 1.807) is 6.07 Å². The van der Waals surface area contributed by atoms with Gasteiger partial charge >= 0.3 is 0 Å². The maximum absolute atomic E-state index is 13.6. The van der Waals surface area contributed by atoms with Crippen LogP contribution >= 0.6 is 0 Å². The topological polar surface area (TPSA) is 82.6 Å². The van der Waals surface area contributed by atoms with Crippen LogP contribution in [-0.2, 0) is 24.8 Å². The number of nitrogens with zero attached hydrogens (tertiary/aromatic N) is 2. The maximum atomic E-state index is 13.6. The predicted molar refractivity (Wildman–Crippen MR) is 118 cm³/mol. The Hall–Kier alpha value is -3.16. The highest BCUT2D eigenvalue weighted by Crippen LogP contribution is 2.33. The molecule has 7 heteroatoms. The first-order valence-electron chi connectivity index (χ1n) is 10.6. The molecule has 160 valence electrons. The van der Waals surface area contributed by atoms with Crippen LogP contribution in [-0.4, -0.2) is 41.3 Å². The highest BCUT2D eigenvalue weighted by atomic mass is 16.5. The lowest BCUT2D eigenvalue weighted by Crippen LogP contribution is -2.35. The van der Waals surface area contributed by atoms with Crippen molar-refractivity contribution in [3.05, 3.63) is 57.9 Å². The SMILES string of the molecule is CCc1cc2c(=O)c(-c3[nH]c4ccccc4[n+]3C)coc2c(CN2CCOCC2)c1O. The zero-order chi connectivity index (χ0) is 21.5. The molecular weight excluding hydrogens is 394 g/mol. The highest BCUT2D eigenvalue weighted by molar-refractivity contribution is 5.86. The molecule has 1 fully saturated rings. The number of benzene rings is 2. The molecule has 7 nitrogen and oxygen atoms in total. The number of H-pyrrole nitrogens is 1. The van der Waals surface area contributed by atoms with Crippen LogP contribution in [0, 0.1) is 0 Å². The van der Waals surface area contributed by atoms with Crippen molar-refractivity contribution in [2.75, 3.05) is 26.3 Å². The third kappa shape index (κ3) is 3.30. The lowest BCUT2D eigenvalue weighted by atomic mass is 10.0. The number of rotatable bonds is 4. The van der Waals surface area contributed by atoms with E-state index >= 15 is 0 Å². The van der Waals surface area contributed by atoms with Crippen molar-refractivity contribution < 1.29 is 18.8 Å². The molecule has 5 rings (SSSR count). The van der Waals surface area contributed by atoms with Crippen molar-refractivity contribution in [3.63, 3.8) is 0 Å². The number of fused-ring (bicyclic) bond motifs is 2. The fraction of sp³-hybridized carbons (Fsp3) is 0.333. The van der Waals surface area contributed by atoms with E-state index in [1.165, 1.54) is 6.26 Å². The van der Waals surface area contributed by atoms with Crippen molar-refractivity contribution in [1.29, 1.82) is 0 Å². The highest BCUT2D eigenvalue weighted by Gasteiger charge is 2.25. The number of phenols is 1. The molecule has 0 bridgehead atoms. The number of ether oxygens (including phenoxy) is 1. The van der Waals surface area contributed by atoms with Crippen LogP contribution in [0.3, 0.4) is 0 Å². The molecule has 0 radical (unpaired) electrons. The van der Waals surface area contributed by atoms with Gasteiger partial charge in [0.05, 0.1) is 31.2 Å². The normalized spacial score (nSPS) is 15.2. The molecule has 2 aromatic heterocycles. The summed E-state index contributed by atoms with van der Waals surface area (Å²) in [6.07, 6.45) is 2.13. The predicted octanol–water partition coefficient (Wildman–Crippen LogP) is 2.87. The fourth-order valence-corrected chi connectivity index (χ4v) is 4.41. The zero-order valence-electron chi connectivity index (χ0n) is 17.8. The van der Waals surface area contributed by atoms with E-state index < -0.39 is 0 Å². The molecule has 31 heavy (non-hydrogen) atoms. The third-order valence-electron chi connectivity index (χ3n) is 6.19. The molecule has 0 unspecified atom stereocenters. The number of hydrogen-bond acceptors (Lipinski definition) is 5. The van der Waals surface area contributed by atoms with Crippen LogP contribution in [0.2, 0.25) is 0 Å². The van der Waals surface area contributed by atoms with Crippen LogP contribution in [0.15, 0.2) is 45.8 Å². The van der Waals surface area contributed by atoms with E-state index in [-0.39, 0.29) is 11.2 Å². The molecule has 1 saturated heterocycles. The average Bonchev–Trinajstić information content (AvgIpc) is 3.13. The smallest absolute Gasteiger partial charge is 0.294 e. The minimum absolute atomic E-state index is 0.110. The van der Waals surface area contributed by atoms with Crippen LogP contribution in [0.25, 0.3) is 33.4 Å². The second-order valence-corrected chi connectivity index (χ2v) is 8.01. The zero-order valence-corrected chi connectivity index (χ0v) is 17.8.